The van der Waals surface area contributed by atoms with Crippen molar-refractivity contribution in [2.24, 2.45) is 32.5 Å². The van der Waals surface area contributed by atoms with Gasteiger partial charge in [0.2, 0.25) is 23.5 Å². The van der Waals surface area contributed by atoms with Crippen LogP contribution >= 0.6 is 0 Å². The van der Waals surface area contributed by atoms with Gasteiger partial charge in [0.15, 0.2) is 0 Å². The third kappa shape index (κ3) is 13.2. The van der Waals surface area contributed by atoms with Gasteiger partial charge in [-0.3, -0.25) is 15.0 Å². The van der Waals surface area contributed by atoms with Crippen molar-refractivity contribution in [3.8, 4) is 11.5 Å². The van der Waals surface area contributed by atoms with E-state index in [1.54, 1.807) is 26.0 Å². The van der Waals surface area contributed by atoms with Crippen LogP contribution in [0.15, 0.2) is 39.6 Å². The molecule has 0 saturated heterocycles. The summed E-state index contributed by atoms with van der Waals surface area (Å²) in [5.41, 5.74) is 18.4. The molecule has 19 nitrogen and oxygen atoms in total. The molecule has 17 N–H and O–H groups in total. The van der Waals surface area contributed by atoms with Gasteiger partial charge in [-0.15, -0.1) is 5.10 Å². The summed E-state index contributed by atoms with van der Waals surface area (Å²) in [6.45, 7) is 6.38. The van der Waals surface area contributed by atoms with Crippen molar-refractivity contribution >= 4 is 46.8 Å². The lowest BCUT2D eigenvalue weighted by Crippen LogP contribution is -2.28. The van der Waals surface area contributed by atoms with Gasteiger partial charge in [0.1, 0.15) is 11.5 Å². The van der Waals surface area contributed by atoms with Crippen LogP contribution in [-0.2, 0) is 0 Å². The fourth-order valence-electron chi connectivity index (χ4n) is 4.00. The van der Waals surface area contributed by atoms with Crippen LogP contribution in [0.5, 0.6) is 11.5 Å². The maximum atomic E-state index is 13.4. The number of rotatable bonds is 15. The molecule has 0 amide bonds. The molecule has 1 aliphatic carbocycles. The largest absolute Gasteiger partial charge is 0.507 e. The standard InChI is InChI=1S/C22H28N4O6.C5H12N8.C2H6O/c27-11-9-23-5-7-25-13-1-2-14(26-8-6-24-10-12-28)18-17(13)21(31)19-15(29)3-4-16(30)20(19)22(18)32;1-3(11-13-5(8)9)2-10-12-4(6)7;1-2-3/h1-4,23-30H,5-12H2;2H,1H3,(H4,6,7,12)(H4,8,9,13);3H,2H2,1H3/b;10-2+,11-3+;. The lowest BCUT2D eigenvalue weighted by atomic mass is 9.81. The number of nitrogens with zero attached hydrogens (tertiary/aromatic N) is 3. The normalized spacial score (nSPS) is 11.7. The van der Waals surface area contributed by atoms with Crippen molar-refractivity contribution in [1.82, 2.24) is 16.1 Å². The van der Waals surface area contributed by atoms with Gasteiger partial charge in [0.05, 0.1) is 47.4 Å². The molecule has 0 bridgehead atoms. The minimum absolute atomic E-state index is 0.00939. The molecular weight excluding hydrogens is 628 g/mol. The van der Waals surface area contributed by atoms with Crippen molar-refractivity contribution in [2.45, 2.75) is 13.8 Å². The van der Waals surface area contributed by atoms with E-state index in [-0.39, 0.29) is 65.5 Å². The molecule has 48 heavy (non-hydrogen) atoms. The lowest BCUT2D eigenvalue weighted by Gasteiger charge is -2.25. The van der Waals surface area contributed by atoms with E-state index in [4.69, 9.17) is 37.9 Å². The molecule has 0 radical (unpaired) electrons. The van der Waals surface area contributed by atoms with E-state index in [0.29, 0.717) is 56.4 Å². The zero-order chi connectivity index (χ0) is 36.1. The van der Waals surface area contributed by atoms with Gasteiger partial charge in [-0.1, -0.05) is 0 Å². The first-order valence-electron chi connectivity index (χ1n) is 14.7. The third-order valence-electron chi connectivity index (χ3n) is 5.85. The predicted octanol–water partition coefficient (Wildman–Crippen LogP) is -2.04. The first-order chi connectivity index (χ1) is 22.9. The average molecular weight is 675 g/mol. The number of ketones is 2. The van der Waals surface area contributed by atoms with Gasteiger partial charge < -0.3 is 64.0 Å². The molecule has 0 heterocycles. The summed E-state index contributed by atoms with van der Waals surface area (Å²) in [4.78, 5) is 26.7. The number of hydrogen-bond donors (Lipinski definition) is 14. The van der Waals surface area contributed by atoms with Crippen molar-refractivity contribution in [1.29, 1.82) is 5.41 Å². The molecule has 264 valence electrons. The number of benzene rings is 2. The molecular formula is C29H46N12O7. The Morgan fingerprint density at radius 3 is 1.56 bits per heavy atom. The number of nitrogens with two attached hydrogens (primary N) is 3. The molecule has 0 aliphatic heterocycles. The summed E-state index contributed by atoms with van der Waals surface area (Å²) in [6, 6.07) is 5.74. The lowest BCUT2D eigenvalue weighted by molar-refractivity contribution is 0.0975. The van der Waals surface area contributed by atoms with Crippen LogP contribution < -0.4 is 43.9 Å². The number of fused-ring (bicyclic) bond motifs is 2. The molecule has 0 unspecified atom stereocenters. The summed E-state index contributed by atoms with van der Waals surface area (Å²) in [5, 5.41) is 75.4. The van der Waals surface area contributed by atoms with E-state index in [2.05, 4.69) is 42.0 Å². The van der Waals surface area contributed by atoms with Crippen LogP contribution in [0.1, 0.15) is 45.7 Å². The second-order valence-electron chi connectivity index (χ2n) is 9.59. The van der Waals surface area contributed by atoms with E-state index in [0.717, 1.165) is 0 Å². The van der Waals surface area contributed by atoms with E-state index in [1.165, 1.54) is 18.3 Å². The Labute approximate surface area is 277 Å². The number of aliphatic hydroxyl groups excluding tert-OH is 3. The number of hydrazone groups is 1. The number of hydrogen-bond acceptors (Lipinski definition) is 15. The maximum absolute atomic E-state index is 13.4. The fraction of sp³-hybridized carbons (Fsp3) is 0.379. The first-order valence-corrected chi connectivity index (χ1v) is 14.7. The van der Waals surface area contributed by atoms with Crippen LogP contribution in [0.2, 0.25) is 0 Å². The predicted molar refractivity (Wildman–Crippen MR) is 185 cm³/mol. The number of phenols is 2. The van der Waals surface area contributed by atoms with Gasteiger partial charge in [0, 0.05) is 57.3 Å². The zero-order valence-corrected chi connectivity index (χ0v) is 26.9. The number of carbonyl (C=O) groups excluding carboxylic acids is 2. The summed E-state index contributed by atoms with van der Waals surface area (Å²) < 4.78 is 0. The summed E-state index contributed by atoms with van der Waals surface area (Å²) in [7, 11) is 0. The topological polar surface area (TPSA) is 334 Å². The average Bonchev–Trinajstić information content (AvgIpc) is 3.04. The highest BCUT2D eigenvalue weighted by Crippen LogP contribution is 2.42. The molecule has 3 rings (SSSR count). The fourth-order valence-corrected chi connectivity index (χ4v) is 4.00. The third-order valence-corrected chi connectivity index (χ3v) is 5.85. The van der Waals surface area contributed by atoms with Crippen LogP contribution in [0.3, 0.4) is 0 Å². The Balaban J connectivity index is 0.000000603. The highest BCUT2D eigenvalue weighted by Gasteiger charge is 2.37. The highest BCUT2D eigenvalue weighted by atomic mass is 16.3. The summed E-state index contributed by atoms with van der Waals surface area (Å²) in [5.74, 6) is -2.25. The Morgan fingerprint density at radius 2 is 1.19 bits per heavy atom. The molecule has 0 spiro atoms. The molecule has 2 aromatic rings. The second kappa shape index (κ2) is 22.2. The minimum Gasteiger partial charge on any atom is -0.507 e. The van der Waals surface area contributed by atoms with Crippen LogP contribution in [0.4, 0.5) is 11.4 Å². The van der Waals surface area contributed by atoms with Crippen molar-refractivity contribution in [3.63, 3.8) is 0 Å². The minimum atomic E-state index is -0.559. The quantitative estimate of drug-likeness (QED) is 0.0271. The van der Waals surface area contributed by atoms with Crippen LogP contribution in [0, 0.1) is 5.41 Å². The van der Waals surface area contributed by atoms with E-state index in [1.807, 2.05) is 0 Å². The highest BCUT2D eigenvalue weighted by molar-refractivity contribution is 6.33. The van der Waals surface area contributed by atoms with Gasteiger partial charge >= 0.3 is 0 Å². The number of nitrogens with one attached hydrogen (secondary N) is 6. The Hall–Kier alpha value is -5.34. The maximum Gasteiger partial charge on any atom is 0.211 e. The van der Waals surface area contributed by atoms with Gasteiger partial charge in [-0.25, -0.2) is 5.43 Å². The number of aliphatic hydroxyl groups is 3. The van der Waals surface area contributed by atoms with E-state index in [9.17, 15) is 19.8 Å². The van der Waals surface area contributed by atoms with Crippen molar-refractivity contribution < 1.29 is 35.1 Å². The Morgan fingerprint density at radius 1 is 0.750 bits per heavy atom. The van der Waals surface area contributed by atoms with Crippen LogP contribution in [-0.4, -0.2) is 120 Å². The Bertz CT molecular complexity index is 1380. The van der Waals surface area contributed by atoms with Gasteiger partial charge in [-0.05, 0) is 38.1 Å². The molecule has 0 atom stereocenters. The molecule has 0 fully saturated rings. The number of carbonyl (C=O) groups is 2. The summed E-state index contributed by atoms with van der Waals surface area (Å²) >= 11 is 0. The van der Waals surface area contributed by atoms with Gasteiger partial charge in [-0.2, -0.15) is 10.2 Å². The molecule has 19 heteroatoms. The SMILES string of the molecule is CC(/C=N/NC(=N)N)=N\N=C(N)N.CCO.O=C1c2c(O)ccc(O)c2C(=O)c2c(NCCNCCO)ccc(NCCNCCO)c21. The molecule has 0 aromatic heterocycles. The molecule has 1 aliphatic rings. The number of anilines is 2. The summed E-state index contributed by atoms with van der Waals surface area (Å²) in [6.07, 6.45) is 1.33. The number of aromatic hydroxyl groups is 2. The smallest absolute Gasteiger partial charge is 0.211 e. The van der Waals surface area contributed by atoms with Gasteiger partial charge in [0.25, 0.3) is 0 Å². The van der Waals surface area contributed by atoms with E-state index < -0.39 is 11.6 Å². The first kappa shape index (κ1) is 40.7. The number of guanidine groups is 2. The monoisotopic (exact) mass is 674 g/mol. The van der Waals surface area contributed by atoms with E-state index >= 15 is 0 Å². The molecule has 2 aromatic carbocycles. The van der Waals surface area contributed by atoms with Crippen molar-refractivity contribution in [3.05, 3.63) is 46.5 Å². The number of phenolic OH excluding ortho intramolecular Hbond substituents is 2. The molecule has 0 saturated carbocycles. The zero-order valence-electron chi connectivity index (χ0n) is 26.9. The van der Waals surface area contributed by atoms with Crippen molar-refractivity contribution in [2.75, 3.05) is 69.7 Å². The second-order valence-corrected chi connectivity index (χ2v) is 9.59. The van der Waals surface area contributed by atoms with Crippen LogP contribution in [0.25, 0.3) is 0 Å². The Kier molecular flexibility index (Phi) is 18.8.